The largest absolute Gasteiger partial charge is 0.354 e. The minimum absolute atomic E-state index is 0.0000910. The van der Waals surface area contributed by atoms with Crippen LogP contribution in [0.15, 0.2) is 42.6 Å². The summed E-state index contributed by atoms with van der Waals surface area (Å²) in [5, 5.41) is 13.6. The molecule has 0 atom stereocenters. The Balaban J connectivity index is 2.18. The molecule has 1 N–H and O–H groups in total. The van der Waals surface area contributed by atoms with Crippen LogP contribution in [0.3, 0.4) is 0 Å². The van der Waals surface area contributed by atoms with Crippen LogP contribution in [0.4, 0.5) is 15.8 Å². The van der Waals surface area contributed by atoms with Gasteiger partial charge in [0.15, 0.2) is 0 Å². The number of benzene rings is 2. The molecule has 2 aromatic carbocycles. The number of anilines is 2. The van der Waals surface area contributed by atoms with Gasteiger partial charge in [0.25, 0.3) is 0 Å². The molecule has 0 saturated carbocycles. The lowest BCUT2D eigenvalue weighted by molar-refractivity contribution is 0.628. The number of aromatic nitrogens is 1. The Bertz CT molecular complexity index is 919. The summed E-state index contributed by atoms with van der Waals surface area (Å²) < 4.78 is 13.2. The zero-order chi connectivity index (χ0) is 15.7. The van der Waals surface area contributed by atoms with Gasteiger partial charge in [-0.3, -0.25) is 4.98 Å². The maximum Gasteiger partial charge on any atom is 0.141 e. The molecule has 0 aliphatic carbocycles. The number of rotatable bonds is 2. The second-order valence-corrected chi connectivity index (χ2v) is 5.36. The molecule has 0 fully saturated rings. The average molecular weight is 332 g/mol. The average Bonchev–Trinajstić information content (AvgIpc) is 2.52. The van der Waals surface area contributed by atoms with Crippen LogP contribution in [-0.4, -0.2) is 4.98 Å². The molecule has 0 unspecified atom stereocenters. The van der Waals surface area contributed by atoms with Crippen LogP contribution in [0.25, 0.3) is 10.9 Å². The van der Waals surface area contributed by atoms with Crippen molar-refractivity contribution in [3.05, 3.63) is 64.0 Å². The molecular formula is C16H8Cl2FN3. The van der Waals surface area contributed by atoms with Crippen molar-refractivity contribution in [3.63, 3.8) is 0 Å². The van der Waals surface area contributed by atoms with Gasteiger partial charge in [0.05, 0.1) is 26.8 Å². The summed E-state index contributed by atoms with van der Waals surface area (Å²) in [5.74, 6) is -0.504. The molecule has 3 nitrogen and oxygen atoms in total. The second-order valence-electron chi connectivity index (χ2n) is 4.55. The molecule has 3 rings (SSSR count). The third kappa shape index (κ3) is 2.57. The lowest BCUT2D eigenvalue weighted by atomic mass is 10.1. The molecule has 0 radical (unpaired) electrons. The van der Waals surface area contributed by atoms with Gasteiger partial charge in [-0.2, -0.15) is 5.26 Å². The number of hydrogen-bond donors (Lipinski definition) is 1. The molecule has 22 heavy (non-hydrogen) atoms. The lowest BCUT2D eigenvalue weighted by Gasteiger charge is -2.12. The summed E-state index contributed by atoms with van der Waals surface area (Å²) in [6, 6.07) is 11.6. The molecule has 3 aromatic rings. The molecule has 0 spiro atoms. The summed E-state index contributed by atoms with van der Waals surface area (Å²) >= 11 is 11.9. The SMILES string of the molecule is N#Cc1cnc2c(Cl)cccc2c1Nc1ccc(F)c(Cl)c1. The number of nitrogens with one attached hydrogen (secondary N) is 1. The zero-order valence-electron chi connectivity index (χ0n) is 11.1. The van der Waals surface area contributed by atoms with Crippen LogP contribution >= 0.6 is 23.2 Å². The van der Waals surface area contributed by atoms with E-state index in [0.717, 1.165) is 0 Å². The number of halogens is 3. The predicted octanol–water partition coefficient (Wildman–Crippen LogP) is 5.30. The molecule has 1 aromatic heterocycles. The highest BCUT2D eigenvalue weighted by molar-refractivity contribution is 6.35. The molecule has 108 valence electrons. The van der Waals surface area contributed by atoms with Gasteiger partial charge in [-0.15, -0.1) is 0 Å². The van der Waals surface area contributed by atoms with E-state index in [-0.39, 0.29) is 5.02 Å². The molecule has 1 heterocycles. The third-order valence-electron chi connectivity index (χ3n) is 3.16. The van der Waals surface area contributed by atoms with Crippen LogP contribution in [0, 0.1) is 17.1 Å². The van der Waals surface area contributed by atoms with Gasteiger partial charge in [0, 0.05) is 17.3 Å². The van der Waals surface area contributed by atoms with Crippen molar-refractivity contribution in [2.45, 2.75) is 0 Å². The monoisotopic (exact) mass is 331 g/mol. The fourth-order valence-corrected chi connectivity index (χ4v) is 2.53. The minimum atomic E-state index is -0.504. The van der Waals surface area contributed by atoms with Crippen LogP contribution in [0.1, 0.15) is 5.56 Å². The Morgan fingerprint density at radius 1 is 1.14 bits per heavy atom. The summed E-state index contributed by atoms with van der Waals surface area (Å²) in [6.07, 6.45) is 1.45. The minimum Gasteiger partial charge on any atom is -0.354 e. The Hall–Kier alpha value is -2.35. The highest BCUT2D eigenvalue weighted by atomic mass is 35.5. The lowest BCUT2D eigenvalue weighted by Crippen LogP contribution is -1.97. The van der Waals surface area contributed by atoms with Gasteiger partial charge in [0.1, 0.15) is 11.9 Å². The van der Waals surface area contributed by atoms with Crippen LogP contribution in [-0.2, 0) is 0 Å². The first-order chi connectivity index (χ1) is 10.6. The fourth-order valence-electron chi connectivity index (χ4n) is 2.12. The van der Waals surface area contributed by atoms with Crippen molar-refractivity contribution in [1.29, 1.82) is 5.26 Å². The van der Waals surface area contributed by atoms with Crippen molar-refractivity contribution in [2.75, 3.05) is 5.32 Å². The Labute approximate surface area is 135 Å². The van der Waals surface area contributed by atoms with E-state index in [2.05, 4.69) is 16.4 Å². The first-order valence-corrected chi connectivity index (χ1v) is 7.05. The molecule has 0 aliphatic heterocycles. The molecule has 0 aliphatic rings. The quantitative estimate of drug-likeness (QED) is 0.693. The Morgan fingerprint density at radius 3 is 2.68 bits per heavy atom. The summed E-state index contributed by atoms with van der Waals surface area (Å²) in [5.41, 5.74) is 2.06. The van der Waals surface area contributed by atoms with Gasteiger partial charge in [-0.25, -0.2) is 4.39 Å². The summed E-state index contributed by atoms with van der Waals surface area (Å²) in [6.45, 7) is 0. The molecular weight excluding hydrogens is 324 g/mol. The molecule has 0 saturated heterocycles. The Morgan fingerprint density at radius 2 is 1.95 bits per heavy atom. The number of nitrogens with zero attached hydrogens (tertiary/aromatic N) is 2. The first-order valence-electron chi connectivity index (χ1n) is 6.29. The fraction of sp³-hybridized carbons (Fsp3) is 0. The van der Waals surface area contributed by atoms with E-state index in [4.69, 9.17) is 23.2 Å². The van der Waals surface area contributed by atoms with Crippen molar-refractivity contribution in [2.24, 2.45) is 0 Å². The van der Waals surface area contributed by atoms with Gasteiger partial charge in [0.2, 0.25) is 0 Å². The standard InChI is InChI=1S/C16H8Cl2FN3/c17-12-3-1-2-11-15(9(7-20)8-21-16(11)12)22-10-4-5-14(19)13(18)6-10/h1-6,8H,(H,21,22). The highest BCUT2D eigenvalue weighted by Gasteiger charge is 2.11. The first kappa shape index (κ1) is 14.6. The van der Waals surface area contributed by atoms with Crippen molar-refractivity contribution < 1.29 is 4.39 Å². The van der Waals surface area contributed by atoms with E-state index in [1.54, 1.807) is 18.2 Å². The van der Waals surface area contributed by atoms with Crippen molar-refractivity contribution in [1.82, 2.24) is 4.98 Å². The maximum atomic E-state index is 13.2. The predicted molar refractivity (Wildman–Crippen MR) is 86.2 cm³/mol. The summed E-state index contributed by atoms with van der Waals surface area (Å²) in [4.78, 5) is 4.20. The van der Waals surface area contributed by atoms with Gasteiger partial charge in [-0.05, 0) is 24.3 Å². The normalized spacial score (nSPS) is 10.5. The number of para-hydroxylation sites is 1. The van der Waals surface area contributed by atoms with Crippen LogP contribution < -0.4 is 5.32 Å². The van der Waals surface area contributed by atoms with E-state index < -0.39 is 5.82 Å². The van der Waals surface area contributed by atoms with E-state index >= 15 is 0 Å². The van der Waals surface area contributed by atoms with Gasteiger partial charge >= 0.3 is 0 Å². The molecule has 6 heteroatoms. The number of pyridine rings is 1. The number of nitriles is 1. The molecule has 0 bridgehead atoms. The maximum absolute atomic E-state index is 13.2. The number of fused-ring (bicyclic) bond motifs is 1. The highest BCUT2D eigenvalue weighted by Crippen LogP contribution is 2.32. The van der Waals surface area contributed by atoms with Crippen LogP contribution in [0.2, 0.25) is 10.0 Å². The van der Waals surface area contributed by atoms with E-state index in [1.807, 2.05) is 6.07 Å². The Kier molecular flexibility index (Phi) is 3.84. The van der Waals surface area contributed by atoms with Crippen molar-refractivity contribution >= 4 is 45.5 Å². The van der Waals surface area contributed by atoms with Crippen molar-refractivity contribution in [3.8, 4) is 6.07 Å². The van der Waals surface area contributed by atoms with Crippen LogP contribution in [0.5, 0.6) is 0 Å². The van der Waals surface area contributed by atoms with E-state index in [1.165, 1.54) is 18.3 Å². The number of hydrogen-bond acceptors (Lipinski definition) is 3. The molecule has 0 amide bonds. The van der Waals surface area contributed by atoms with Gasteiger partial charge < -0.3 is 5.32 Å². The smallest absolute Gasteiger partial charge is 0.141 e. The zero-order valence-corrected chi connectivity index (χ0v) is 12.6. The topological polar surface area (TPSA) is 48.7 Å². The second kappa shape index (κ2) is 5.80. The van der Waals surface area contributed by atoms with Gasteiger partial charge in [-0.1, -0.05) is 35.3 Å². The van der Waals surface area contributed by atoms with E-state index in [0.29, 0.717) is 32.9 Å². The summed E-state index contributed by atoms with van der Waals surface area (Å²) in [7, 11) is 0. The van der Waals surface area contributed by atoms with E-state index in [9.17, 15) is 9.65 Å². The third-order valence-corrected chi connectivity index (χ3v) is 3.75.